The van der Waals surface area contributed by atoms with Gasteiger partial charge in [0.05, 0.1) is 24.9 Å². The molecule has 0 bridgehead atoms. The Morgan fingerprint density at radius 2 is 1.79 bits per heavy atom. The quantitative estimate of drug-likeness (QED) is 0.892. The van der Waals surface area contributed by atoms with Crippen molar-refractivity contribution in [1.82, 2.24) is 0 Å². The van der Waals surface area contributed by atoms with Crippen molar-refractivity contribution in [1.29, 1.82) is 0 Å². The minimum Gasteiger partial charge on any atom is -0.496 e. The molecule has 2 atom stereocenters. The molecule has 0 spiro atoms. The highest BCUT2D eigenvalue weighted by molar-refractivity contribution is 5.47. The molecule has 1 saturated heterocycles. The Morgan fingerprint density at radius 1 is 1.21 bits per heavy atom. The lowest BCUT2D eigenvalue weighted by Gasteiger charge is -2.40. The van der Waals surface area contributed by atoms with Crippen LogP contribution in [-0.2, 0) is 10.3 Å². The van der Waals surface area contributed by atoms with Crippen molar-refractivity contribution in [2.24, 2.45) is 0 Å². The summed E-state index contributed by atoms with van der Waals surface area (Å²) in [5, 5.41) is 11.1. The predicted octanol–water partition coefficient (Wildman–Crippen LogP) is 3.09. The van der Waals surface area contributed by atoms with Crippen LogP contribution in [0.5, 0.6) is 5.75 Å². The highest BCUT2D eigenvalue weighted by atomic mass is 16.5. The van der Waals surface area contributed by atoms with E-state index in [0.717, 1.165) is 22.4 Å². The summed E-state index contributed by atoms with van der Waals surface area (Å²) in [6.45, 7) is 8.10. The van der Waals surface area contributed by atoms with Gasteiger partial charge in [0.1, 0.15) is 5.75 Å². The van der Waals surface area contributed by atoms with E-state index < -0.39 is 5.60 Å². The van der Waals surface area contributed by atoms with Gasteiger partial charge in [-0.05, 0) is 44.9 Å². The van der Waals surface area contributed by atoms with Crippen molar-refractivity contribution in [2.45, 2.75) is 58.3 Å². The van der Waals surface area contributed by atoms with E-state index in [2.05, 4.69) is 6.07 Å². The summed E-state index contributed by atoms with van der Waals surface area (Å²) in [5.74, 6) is 0.779. The zero-order valence-electron chi connectivity index (χ0n) is 12.5. The Balaban J connectivity index is 2.50. The van der Waals surface area contributed by atoms with Crippen LogP contribution in [0.1, 0.15) is 43.4 Å². The Labute approximate surface area is 115 Å². The smallest absolute Gasteiger partial charge is 0.125 e. The van der Waals surface area contributed by atoms with Crippen molar-refractivity contribution in [3.63, 3.8) is 0 Å². The van der Waals surface area contributed by atoms with Gasteiger partial charge in [0.25, 0.3) is 0 Å². The molecule has 0 amide bonds. The number of rotatable bonds is 2. The minimum atomic E-state index is -0.861. The number of methoxy groups -OCH3 is 1. The molecule has 0 saturated carbocycles. The van der Waals surface area contributed by atoms with E-state index in [-0.39, 0.29) is 12.2 Å². The number of benzene rings is 1. The average molecular weight is 264 g/mol. The summed E-state index contributed by atoms with van der Waals surface area (Å²) in [6.07, 6.45) is 1.33. The second-order valence-electron chi connectivity index (χ2n) is 5.86. The highest BCUT2D eigenvalue weighted by Crippen LogP contribution is 2.43. The molecular formula is C16H24O3. The monoisotopic (exact) mass is 264 g/mol. The van der Waals surface area contributed by atoms with Crippen LogP contribution in [0, 0.1) is 13.8 Å². The van der Waals surface area contributed by atoms with Gasteiger partial charge in [-0.15, -0.1) is 0 Å². The van der Waals surface area contributed by atoms with Crippen LogP contribution in [0.2, 0.25) is 0 Å². The fourth-order valence-corrected chi connectivity index (χ4v) is 3.42. The molecule has 106 valence electrons. The van der Waals surface area contributed by atoms with Gasteiger partial charge in [-0.2, -0.15) is 0 Å². The third-order valence-electron chi connectivity index (χ3n) is 3.84. The van der Waals surface area contributed by atoms with Crippen molar-refractivity contribution >= 4 is 0 Å². The second kappa shape index (κ2) is 5.14. The third kappa shape index (κ3) is 2.77. The van der Waals surface area contributed by atoms with E-state index in [0.29, 0.717) is 12.8 Å². The maximum Gasteiger partial charge on any atom is 0.125 e. The number of ether oxygens (including phenoxy) is 2. The van der Waals surface area contributed by atoms with Gasteiger partial charge in [-0.3, -0.25) is 0 Å². The minimum absolute atomic E-state index is 0.0548. The number of aryl methyl sites for hydroxylation is 2. The first kappa shape index (κ1) is 14.4. The molecule has 1 aliphatic heterocycles. The van der Waals surface area contributed by atoms with E-state index in [4.69, 9.17) is 9.47 Å². The highest BCUT2D eigenvalue weighted by Gasteiger charge is 2.41. The van der Waals surface area contributed by atoms with E-state index in [1.807, 2.05) is 33.8 Å². The second-order valence-corrected chi connectivity index (χ2v) is 5.86. The zero-order chi connectivity index (χ0) is 14.2. The third-order valence-corrected chi connectivity index (χ3v) is 3.84. The van der Waals surface area contributed by atoms with Gasteiger partial charge in [0.2, 0.25) is 0 Å². The van der Waals surface area contributed by atoms with E-state index in [9.17, 15) is 5.11 Å². The van der Waals surface area contributed by atoms with Gasteiger partial charge in [-0.1, -0.05) is 6.07 Å². The average Bonchev–Trinajstić information content (AvgIpc) is 2.24. The predicted molar refractivity (Wildman–Crippen MR) is 75.6 cm³/mol. The first-order valence-corrected chi connectivity index (χ1v) is 6.89. The fourth-order valence-electron chi connectivity index (χ4n) is 3.42. The molecule has 1 N–H and O–H groups in total. The molecule has 2 unspecified atom stereocenters. The number of hydrogen-bond acceptors (Lipinski definition) is 3. The molecule has 3 nitrogen and oxygen atoms in total. The summed E-state index contributed by atoms with van der Waals surface area (Å²) in [7, 11) is 1.66. The lowest BCUT2D eigenvalue weighted by molar-refractivity contribution is -0.136. The standard InChI is InChI=1S/C16H24O3/c1-10-6-11(2)15(14(7-10)18-5)16(17)8-12(3)19-13(4)9-16/h6-7,12-13,17H,8-9H2,1-5H3. The molecule has 1 aromatic carbocycles. The van der Waals surface area contributed by atoms with Gasteiger partial charge in [0.15, 0.2) is 0 Å². The molecule has 0 aromatic heterocycles. The van der Waals surface area contributed by atoms with Crippen molar-refractivity contribution in [3.8, 4) is 5.75 Å². The summed E-state index contributed by atoms with van der Waals surface area (Å²) in [6, 6.07) is 4.09. The van der Waals surface area contributed by atoms with Crippen LogP contribution in [0.4, 0.5) is 0 Å². The molecule has 1 fully saturated rings. The zero-order valence-corrected chi connectivity index (χ0v) is 12.5. The van der Waals surface area contributed by atoms with Gasteiger partial charge in [0, 0.05) is 18.4 Å². The largest absolute Gasteiger partial charge is 0.496 e. The Morgan fingerprint density at radius 3 is 2.32 bits per heavy atom. The molecular weight excluding hydrogens is 240 g/mol. The van der Waals surface area contributed by atoms with Crippen LogP contribution >= 0.6 is 0 Å². The molecule has 1 aliphatic rings. The summed E-state index contributed by atoms with van der Waals surface area (Å²) in [5.41, 5.74) is 2.29. The summed E-state index contributed by atoms with van der Waals surface area (Å²) < 4.78 is 11.2. The van der Waals surface area contributed by atoms with E-state index >= 15 is 0 Å². The fraction of sp³-hybridized carbons (Fsp3) is 0.625. The Hall–Kier alpha value is -1.06. The van der Waals surface area contributed by atoms with Gasteiger partial charge >= 0.3 is 0 Å². The lowest BCUT2D eigenvalue weighted by atomic mass is 9.79. The molecule has 19 heavy (non-hydrogen) atoms. The molecule has 0 radical (unpaired) electrons. The summed E-state index contributed by atoms with van der Waals surface area (Å²) in [4.78, 5) is 0. The Kier molecular flexibility index (Phi) is 3.88. The van der Waals surface area contributed by atoms with Crippen molar-refractivity contribution in [3.05, 3.63) is 28.8 Å². The van der Waals surface area contributed by atoms with Crippen LogP contribution in [-0.4, -0.2) is 24.4 Å². The van der Waals surface area contributed by atoms with Crippen LogP contribution in [0.15, 0.2) is 12.1 Å². The normalized spacial score (nSPS) is 31.3. The van der Waals surface area contributed by atoms with Crippen molar-refractivity contribution < 1.29 is 14.6 Å². The van der Waals surface area contributed by atoms with Crippen molar-refractivity contribution in [2.75, 3.05) is 7.11 Å². The topological polar surface area (TPSA) is 38.7 Å². The maximum atomic E-state index is 11.1. The molecule has 3 heteroatoms. The SMILES string of the molecule is COc1cc(C)cc(C)c1C1(O)CC(C)OC(C)C1. The van der Waals surface area contributed by atoms with E-state index in [1.54, 1.807) is 7.11 Å². The van der Waals surface area contributed by atoms with E-state index in [1.165, 1.54) is 0 Å². The Bertz CT molecular complexity index is 457. The lowest BCUT2D eigenvalue weighted by Crippen LogP contribution is -2.41. The molecule has 0 aliphatic carbocycles. The number of aliphatic hydroxyl groups is 1. The maximum absolute atomic E-state index is 11.1. The molecule has 1 aromatic rings. The van der Waals surface area contributed by atoms with Gasteiger partial charge in [-0.25, -0.2) is 0 Å². The van der Waals surface area contributed by atoms with Gasteiger partial charge < -0.3 is 14.6 Å². The first-order chi connectivity index (χ1) is 8.85. The number of hydrogen-bond donors (Lipinski definition) is 1. The summed E-state index contributed by atoms with van der Waals surface area (Å²) >= 11 is 0. The molecule has 1 heterocycles. The van der Waals surface area contributed by atoms with Crippen LogP contribution in [0.25, 0.3) is 0 Å². The van der Waals surface area contributed by atoms with Crippen LogP contribution in [0.3, 0.4) is 0 Å². The van der Waals surface area contributed by atoms with Crippen LogP contribution < -0.4 is 4.74 Å². The first-order valence-electron chi connectivity index (χ1n) is 6.89. The molecule has 2 rings (SSSR count).